The summed E-state index contributed by atoms with van der Waals surface area (Å²) in [5, 5.41) is 31.9. The molecular weight excluding hydrogens is 338 g/mol. The highest BCUT2D eigenvalue weighted by atomic mass is 16.4. The molecule has 0 aliphatic rings. The molecule has 0 saturated carbocycles. The molecule has 1 heterocycles. The monoisotopic (exact) mass is 361 g/mol. The zero-order valence-corrected chi connectivity index (χ0v) is 14.9. The number of nitrogens with one attached hydrogen (secondary N) is 1. The highest BCUT2D eigenvalue weighted by Crippen LogP contribution is 2.32. The summed E-state index contributed by atoms with van der Waals surface area (Å²) in [5.41, 5.74) is -0.910. The van der Waals surface area contributed by atoms with Gasteiger partial charge in [0.05, 0.1) is 6.10 Å². The molecule has 7 heteroatoms. The van der Waals surface area contributed by atoms with Gasteiger partial charge in [0.2, 0.25) is 17.1 Å². The van der Waals surface area contributed by atoms with Crippen LogP contribution in [0.5, 0.6) is 11.5 Å². The number of hydrogen-bond donors (Lipinski definition) is 4. The van der Waals surface area contributed by atoms with Gasteiger partial charge in [-0.05, 0) is 24.6 Å². The third-order valence-corrected chi connectivity index (χ3v) is 4.03. The Morgan fingerprint density at radius 1 is 1.23 bits per heavy atom. The Labute approximate surface area is 150 Å². The number of hydrogen-bond acceptors (Lipinski definition) is 6. The molecule has 1 aromatic heterocycles. The lowest BCUT2D eigenvalue weighted by molar-refractivity contribution is -0.122. The minimum atomic E-state index is -0.923. The van der Waals surface area contributed by atoms with Gasteiger partial charge in [0, 0.05) is 24.4 Å². The van der Waals surface area contributed by atoms with Gasteiger partial charge >= 0.3 is 0 Å². The molecule has 26 heavy (non-hydrogen) atoms. The van der Waals surface area contributed by atoms with Crippen molar-refractivity contribution in [1.29, 1.82) is 0 Å². The summed E-state index contributed by atoms with van der Waals surface area (Å²) in [7, 11) is 0. The summed E-state index contributed by atoms with van der Waals surface area (Å²) in [5.74, 6) is -0.379. The summed E-state index contributed by atoms with van der Waals surface area (Å²) < 4.78 is 5.46. The molecule has 0 radical (unpaired) electrons. The van der Waals surface area contributed by atoms with Crippen LogP contribution in [0.15, 0.2) is 39.5 Å². The Balaban J connectivity index is 2.02. The van der Waals surface area contributed by atoms with Gasteiger partial charge in [-0.1, -0.05) is 26.0 Å². The van der Waals surface area contributed by atoms with Crippen LogP contribution >= 0.6 is 0 Å². The Bertz CT molecular complexity index is 838. The Kier molecular flexibility index (Phi) is 5.72. The second-order valence-corrected chi connectivity index (χ2v) is 6.87. The number of phenolic OH excluding ortho intramolecular Hbond substituents is 1. The second-order valence-electron chi connectivity index (χ2n) is 6.87. The standard InChI is InChI=1S/C19H23NO6/c1-11-8-14(22)17(25)18(26-11)19(2,3)9-16(24)20-10-15(23)12-4-6-13(21)7-5-12/h4-8,15,21,23,25H,9-10H2,1-3H3,(H,20,24). The van der Waals surface area contributed by atoms with Crippen LogP contribution in [-0.2, 0) is 10.2 Å². The van der Waals surface area contributed by atoms with E-state index in [0.29, 0.717) is 11.3 Å². The normalized spacial score (nSPS) is 12.6. The van der Waals surface area contributed by atoms with Gasteiger partial charge in [-0.2, -0.15) is 0 Å². The molecular formula is C19H23NO6. The fraction of sp³-hybridized carbons (Fsp3) is 0.368. The van der Waals surface area contributed by atoms with Crippen LogP contribution in [0.3, 0.4) is 0 Å². The molecule has 1 unspecified atom stereocenters. The van der Waals surface area contributed by atoms with E-state index in [1.54, 1.807) is 32.9 Å². The van der Waals surface area contributed by atoms with Gasteiger partial charge < -0.3 is 25.1 Å². The minimum absolute atomic E-state index is 0.0105. The summed E-state index contributed by atoms with van der Waals surface area (Å²) in [6, 6.07) is 7.21. The third kappa shape index (κ3) is 4.64. The molecule has 1 atom stereocenters. The summed E-state index contributed by atoms with van der Waals surface area (Å²) in [6.45, 7) is 4.94. The van der Waals surface area contributed by atoms with E-state index >= 15 is 0 Å². The molecule has 140 valence electrons. The first-order valence-corrected chi connectivity index (χ1v) is 8.18. The lowest BCUT2D eigenvalue weighted by atomic mass is 9.85. The minimum Gasteiger partial charge on any atom is -0.508 e. The quantitative estimate of drug-likeness (QED) is 0.623. The summed E-state index contributed by atoms with van der Waals surface area (Å²) in [6.07, 6.45) is -0.970. The highest BCUT2D eigenvalue weighted by molar-refractivity contribution is 5.77. The van der Waals surface area contributed by atoms with E-state index in [2.05, 4.69) is 5.32 Å². The van der Waals surface area contributed by atoms with E-state index < -0.39 is 22.7 Å². The molecule has 4 N–H and O–H groups in total. The first-order valence-electron chi connectivity index (χ1n) is 8.18. The fourth-order valence-corrected chi connectivity index (χ4v) is 2.63. The predicted molar refractivity (Wildman–Crippen MR) is 95.1 cm³/mol. The molecule has 2 aromatic rings. The smallest absolute Gasteiger partial charge is 0.227 e. The van der Waals surface area contributed by atoms with Gasteiger partial charge in [-0.3, -0.25) is 9.59 Å². The lowest BCUT2D eigenvalue weighted by Gasteiger charge is -2.24. The number of phenols is 1. The van der Waals surface area contributed by atoms with E-state index in [4.69, 9.17) is 4.42 Å². The molecule has 0 fully saturated rings. The van der Waals surface area contributed by atoms with Crippen molar-refractivity contribution < 1.29 is 24.5 Å². The van der Waals surface area contributed by atoms with Crippen LogP contribution in [0.25, 0.3) is 0 Å². The molecule has 1 aromatic carbocycles. The maximum Gasteiger partial charge on any atom is 0.227 e. The number of aliphatic hydroxyl groups excluding tert-OH is 1. The Morgan fingerprint density at radius 3 is 2.46 bits per heavy atom. The number of amides is 1. The van der Waals surface area contributed by atoms with Crippen molar-refractivity contribution in [3.05, 3.63) is 57.6 Å². The van der Waals surface area contributed by atoms with Gasteiger partial charge in [-0.25, -0.2) is 0 Å². The van der Waals surface area contributed by atoms with Crippen molar-refractivity contribution in [2.75, 3.05) is 6.54 Å². The third-order valence-electron chi connectivity index (χ3n) is 4.03. The molecule has 0 bridgehead atoms. The predicted octanol–water partition coefficient (Wildman–Crippen LogP) is 1.88. The van der Waals surface area contributed by atoms with E-state index in [1.165, 1.54) is 18.2 Å². The maximum atomic E-state index is 12.2. The van der Waals surface area contributed by atoms with Crippen molar-refractivity contribution in [1.82, 2.24) is 5.32 Å². The highest BCUT2D eigenvalue weighted by Gasteiger charge is 2.31. The molecule has 0 aliphatic heterocycles. The number of carbonyl (C=O) groups excluding carboxylic acids is 1. The lowest BCUT2D eigenvalue weighted by Crippen LogP contribution is -2.34. The van der Waals surface area contributed by atoms with Crippen LogP contribution in [-0.4, -0.2) is 27.8 Å². The van der Waals surface area contributed by atoms with Gasteiger partial charge in [0.25, 0.3) is 0 Å². The van der Waals surface area contributed by atoms with Crippen LogP contribution in [0.4, 0.5) is 0 Å². The number of aryl methyl sites for hydroxylation is 1. The second kappa shape index (κ2) is 7.61. The molecule has 0 saturated heterocycles. The van der Waals surface area contributed by atoms with Crippen molar-refractivity contribution in [3.63, 3.8) is 0 Å². The Morgan fingerprint density at radius 2 is 1.85 bits per heavy atom. The van der Waals surface area contributed by atoms with E-state index in [-0.39, 0.29) is 30.4 Å². The number of aromatic hydroxyl groups is 2. The molecule has 0 aliphatic carbocycles. The van der Waals surface area contributed by atoms with Gasteiger partial charge in [-0.15, -0.1) is 0 Å². The zero-order chi connectivity index (χ0) is 19.5. The van der Waals surface area contributed by atoms with Crippen molar-refractivity contribution in [2.45, 2.75) is 38.7 Å². The number of rotatable bonds is 6. The van der Waals surface area contributed by atoms with E-state index in [9.17, 15) is 24.9 Å². The Hall–Kier alpha value is -2.80. The van der Waals surface area contributed by atoms with Crippen LogP contribution in [0, 0.1) is 6.92 Å². The van der Waals surface area contributed by atoms with E-state index in [0.717, 1.165) is 0 Å². The van der Waals surface area contributed by atoms with Crippen molar-refractivity contribution in [2.24, 2.45) is 0 Å². The average Bonchev–Trinajstić information content (AvgIpc) is 2.56. The largest absolute Gasteiger partial charge is 0.508 e. The van der Waals surface area contributed by atoms with Crippen molar-refractivity contribution in [3.8, 4) is 11.5 Å². The van der Waals surface area contributed by atoms with Crippen molar-refractivity contribution >= 4 is 5.91 Å². The van der Waals surface area contributed by atoms with Crippen LogP contribution < -0.4 is 10.7 Å². The zero-order valence-electron chi connectivity index (χ0n) is 14.9. The van der Waals surface area contributed by atoms with E-state index in [1.807, 2.05) is 0 Å². The number of carbonyl (C=O) groups is 1. The SMILES string of the molecule is Cc1cc(=O)c(O)c(C(C)(C)CC(=O)NCC(O)c2ccc(O)cc2)o1. The first kappa shape index (κ1) is 19.5. The maximum absolute atomic E-state index is 12.2. The molecule has 0 spiro atoms. The van der Waals surface area contributed by atoms with Crippen LogP contribution in [0.2, 0.25) is 0 Å². The van der Waals surface area contributed by atoms with Gasteiger partial charge in [0.15, 0.2) is 5.76 Å². The topological polar surface area (TPSA) is 120 Å². The average molecular weight is 361 g/mol. The summed E-state index contributed by atoms with van der Waals surface area (Å²) in [4.78, 5) is 24.0. The fourth-order valence-electron chi connectivity index (χ4n) is 2.63. The van der Waals surface area contributed by atoms with Gasteiger partial charge in [0.1, 0.15) is 11.5 Å². The summed E-state index contributed by atoms with van der Waals surface area (Å²) >= 11 is 0. The molecule has 2 rings (SSSR count). The number of aliphatic hydroxyl groups is 1. The molecule has 7 nitrogen and oxygen atoms in total. The number of benzene rings is 1. The van der Waals surface area contributed by atoms with Crippen LogP contribution in [0.1, 0.15) is 43.5 Å². The first-order chi connectivity index (χ1) is 12.1. The molecule has 1 amide bonds.